The van der Waals surface area contributed by atoms with Gasteiger partial charge in [0.1, 0.15) is 5.76 Å². The third kappa shape index (κ3) is 2.55. The Hall–Kier alpha value is -1.22. The lowest BCUT2D eigenvalue weighted by molar-refractivity contribution is 0.305. The van der Waals surface area contributed by atoms with Crippen LogP contribution in [0.2, 0.25) is 0 Å². The molecule has 0 fully saturated rings. The average Bonchev–Trinajstić information content (AvgIpc) is 2.63. The average molecular weight is 234 g/mol. The minimum atomic E-state index is 0.493. The molecule has 2 rings (SSSR count). The Balaban J connectivity index is 2.33. The normalized spacial score (nSPS) is 25.0. The Morgan fingerprint density at radius 2 is 2.24 bits per heavy atom. The molecule has 1 N–H and O–H groups in total. The monoisotopic (exact) mass is 234 g/mol. The predicted octanol–water partition coefficient (Wildman–Crippen LogP) is 2.04. The van der Waals surface area contributed by atoms with Crippen LogP contribution >= 0.6 is 0 Å². The summed E-state index contributed by atoms with van der Waals surface area (Å²) >= 11 is 0. The van der Waals surface area contributed by atoms with E-state index in [4.69, 9.17) is 4.74 Å². The molecule has 0 radical (unpaired) electrons. The van der Waals surface area contributed by atoms with Crippen molar-refractivity contribution >= 4 is 0 Å². The number of methoxy groups -OCH3 is 1. The van der Waals surface area contributed by atoms with Crippen LogP contribution in [0.5, 0.6) is 0 Å². The van der Waals surface area contributed by atoms with Crippen LogP contribution in [0, 0.1) is 0 Å². The van der Waals surface area contributed by atoms with Crippen molar-refractivity contribution in [1.82, 2.24) is 10.2 Å². The third-order valence-electron chi connectivity index (χ3n) is 3.66. The van der Waals surface area contributed by atoms with E-state index in [1.54, 1.807) is 7.11 Å². The summed E-state index contributed by atoms with van der Waals surface area (Å²) in [6.45, 7) is 1.13. The van der Waals surface area contributed by atoms with Crippen LogP contribution in [0.4, 0.5) is 0 Å². The first kappa shape index (κ1) is 12.2. The Morgan fingerprint density at radius 1 is 1.41 bits per heavy atom. The van der Waals surface area contributed by atoms with Crippen molar-refractivity contribution < 1.29 is 4.74 Å². The van der Waals surface area contributed by atoms with Crippen LogP contribution in [-0.2, 0) is 4.74 Å². The zero-order valence-corrected chi connectivity index (χ0v) is 11.0. The summed E-state index contributed by atoms with van der Waals surface area (Å²) in [5, 5.41) is 3.44. The van der Waals surface area contributed by atoms with Gasteiger partial charge in [0.25, 0.3) is 0 Å². The van der Waals surface area contributed by atoms with Gasteiger partial charge in [0, 0.05) is 25.3 Å². The molecule has 0 saturated heterocycles. The number of likely N-dealkylation sites (N-methyl/N-ethyl adjacent to an activating group) is 2. The molecule has 94 valence electrons. The summed E-state index contributed by atoms with van der Waals surface area (Å²) in [5.74, 6) is 0.960. The van der Waals surface area contributed by atoms with Crippen LogP contribution in [0.25, 0.3) is 0 Å². The maximum atomic E-state index is 5.32. The molecule has 0 bridgehead atoms. The van der Waals surface area contributed by atoms with Gasteiger partial charge in [-0.15, -0.1) is 0 Å². The molecule has 2 aliphatic rings. The second-order valence-corrected chi connectivity index (χ2v) is 4.66. The van der Waals surface area contributed by atoms with Gasteiger partial charge in [0.05, 0.1) is 7.11 Å². The van der Waals surface area contributed by atoms with Gasteiger partial charge in [-0.05, 0) is 50.1 Å². The van der Waals surface area contributed by atoms with E-state index in [-0.39, 0.29) is 0 Å². The van der Waals surface area contributed by atoms with Gasteiger partial charge in [-0.1, -0.05) is 0 Å². The van der Waals surface area contributed by atoms with Crippen LogP contribution < -0.4 is 5.32 Å². The van der Waals surface area contributed by atoms with E-state index in [9.17, 15) is 0 Å². The molecule has 17 heavy (non-hydrogen) atoms. The van der Waals surface area contributed by atoms with Gasteiger partial charge in [0.2, 0.25) is 0 Å². The second kappa shape index (κ2) is 5.41. The fourth-order valence-corrected chi connectivity index (χ4v) is 2.64. The zero-order chi connectivity index (χ0) is 12.3. The molecule has 0 aromatic carbocycles. The Labute approximate surface area is 104 Å². The number of ether oxygens (including phenoxy) is 1. The highest BCUT2D eigenvalue weighted by Crippen LogP contribution is 2.27. The lowest BCUT2D eigenvalue weighted by Gasteiger charge is -2.22. The largest absolute Gasteiger partial charge is 0.497 e. The molecule has 1 atom stereocenters. The summed E-state index contributed by atoms with van der Waals surface area (Å²) in [5.41, 5.74) is 2.83. The van der Waals surface area contributed by atoms with Crippen molar-refractivity contribution in [3.8, 4) is 0 Å². The minimum Gasteiger partial charge on any atom is -0.497 e. The molecule has 1 unspecified atom stereocenters. The van der Waals surface area contributed by atoms with E-state index in [1.165, 1.54) is 24.1 Å². The summed E-state index contributed by atoms with van der Waals surface area (Å²) in [6.07, 6.45) is 9.85. The van der Waals surface area contributed by atoms with Crippen molar-refractivity contribution in [2.45, 2.75) is 25.3 Å². The second-order valence-electron chi connectivity index (χ2n) is 4.66. The van der Waals surface area contributed by atoms with Crippen LogP contribution in [-0.4, -0.2) is 38.7 Å². The molecule has 0 spiro atoms. The number of rotatable bonds is 2. The SMILES string of the molecule is CNC1CCCN(C)C2=C1CC=C(OC)C=C2. The molecular weight excluding hydrogens is 212 g/mol. The van der Waals surface area contributed by atoms with E-state index < -0.39 is 0 Å². The van der Waals surface area contributed by atoms with E-state index >= 15 is 0 Å². The van der Waals surface area contributed by atoms with Gasteiger partial charge in [-0.2, -0.15) is 0 Å². The molecule has 1 heterocycles. The first-order valence-electron chi connectivity index (χ1n) is 6.30. The molecular formula is C14H22N2O. The Morgan fingerprint density at radius 3 is 2.94 bits per heavy atom. The van der Waals surface area contributed by atoms with E-state index in [0.717, 1.165) is 18.7 Å². The lowest BCUT2D eigenvalue weighted by Crippen LogP contribution is -2.27. The van der Waals surface area contributed by atoms with Crippen molar-refractivity contribution in [2.24, 2.45) is 0 Å². The first-order chi connectivity index (χ1) is 8.26. The van der Waals surface area contributed by atoms with Gasteiger partial charge < -0.3 is 15.0 Å². The molecule has 0 aromatic rings. The molecule has 1 aliphatic heterocycles. The summed E-state index contributed by atoms with van der Waals surface area (Å²) in [6, 6.07) is 0.493. The minimum absolute atomic E-state index is 0.493. The maximum Gasteiger partial charge on any atom is 0.115 e. The van der Waals surface area contributed by atoms with Gasteiger partial charge in [-0.25, -0.2) is 0 Å². The number of nitrogens with zero attached hydrogens (tertiary/aromatic N) is 1. The van der Waals surface area contributed by atoms with Gasteiger partial charge >= 0.3 is 0 Å². The number of allylic oxidation sites excluding steroid dienone is 3. The maximum absolute atomic E-state index is 5.32. The number of nitrogens with one attached hydrogen (secondary N) is 1. The fourth-order valence-electron chi connectivity index (χ4n) is 2.64. The quantitative estimate of drug-likeness (QED) is 0.791. The molecule has 0 saturated carbocycles. The van der Waals surface area contributed by atoms with Crippen molar-refractivity contribution in [3.63, 3.8) is 0 Å². The molecule has 0 amide bonds. The van der Waals surface area contributed by atoms with Crippen LogP contribution in [0.1, 0.15) is 19.3 Å². The van der Waals surface area contributed by atoms with Crippen LogP contribution in [0.3, 0.4) is 0 Å². The lowest BCUT2D eigenvalue weighted by atomic mass is 9.99. The van der Waals surface area contributed by atoms with Crippen molar-refractivity contribution in [2.75, 3.05) is 27.7 Å². The smallest absolute Gasteiger partial charge is 0.115 e. The summed E-state index contributed by atoms with van der Waals surface area (Å²) < 4.78 is 5.32. The Bertz CT molecular complexity index is 368. The molecule has 0 aromatic heterocycles. The van der Waals surface area contributed by atoms with E-state index in [0.29, 0.717) is 6.04 Å². The number of hydrogen-bond acceptors (Lipinski definition) is 3. The van der Waals surface area contributed by atoms with Crippen LogP contribution in [0.15, 0.2) is 35.3 Å². The highest BCUT2D eigenvalue weighted by molar-refractivity contribution is 5.37. The van der Waals surface area contributed by atoms with E-state index in [1.807, 2.05) is 0 Å². The highest BCUT2D eigenvalue weighted by atomic mass is 16.5. The fraction of sp³-hybridized carbons (Fsp3) is 0.571. The topological polar surface area (TPSA) is 24.5 Å². The summed E-state index contributed by atoms with van der Waals surface area (Å²) in [7, 11) is 5.96. The molecule has 3 heteroatoms. The zero-order valence-electron chi connectivity index (χ0n) is 11.0. The van der Waals surface area contributed by atoms with Gasteiger partial charge in [0.15, 0.2) is 0 Å². The molecule has 1 aliphatic carbocycles. The third-order valence-corrected chi connectivity index (χ3v) is 3.66. The summed E-state index contributed by atoms with van der Waals surface area (Å²) in [4.78, 5) is 2.36. The number of hydrogen-bond donors (Lipinski definition) is 1. The first-order valence-corrected chi connectivity index (χ1v) is 6.30. The predicted molar refractivity (Wildman–Crippen MR) is 70.6 cm³/mol. The van der Waals surface area contributed by atoms with Crippen molar-refractivity contribution in [1.29, 1.82) is 0 Å². The van der Waals surface area contributed by atoms with Gasteiger partial charge in [-0.3, -0.25) is 0 Å². The van der Waals surface area contributed by atoms with Crippen molar-refractivity contribution in [3.05, 3.63) is 35.3 Å². The highest BCUT2D eigenvalue weighted by Gasteiger charge is 2.22. The standard InChI is InChI=1S/C14H22N2O/c1-15-13-5-4-10-16(2)14-9-7-11(17-3)6-8-12(13)14/h6-7,9,13,15H,4-5,8,10H2,1-3H3. The Kier molecular flexibility index (Phi) is 3.89. The molecule has 3 nitrogen and oxygen atoms in total. The van der Waals surface area contributed by atoms with E-state index in [2.05, 4.69) is 42.5 Å².